The Morgan fingerprint density at radius 1 is 1.08 bits per heavy atom. The average molecular weight is 500 g/mol. The van der Waals surface area contributed by atoms with Crippen LogP contribution in [0.2, 0.25) is 0 Å². The fraction of sp³-hybridized carbons (Fsp3) is 0.438. The van der Waals surface area contributed by atoms with Crippen molar-refractivity contribution < 1.29 is 19.4 Å². The lowest BCUT2D eigenvalue weighted by molar-refractivity contribution is -0.138. The van der Waals surface area contributed by atoms with E-state index in [1.165, 1.54) is 27.2 Å². The largest absolute Gasteiger partial charge is 0.507 e. The fourth-order valence-corrected chi connectivity index (χ4v) is 6.63. The van der Waals surface area contributed by atoms with Crippen molar-refractivity contribution in [3.05, 3.63) is 75.9 Å². The lowest BCUT2D eigenvalue weighted by Crippen LogP contribution is -2.34. The number of likely N-dealkylation sites (tertiary alicyclic amines) is 1. The van der Waals surface area contributed by atoms with Gasteiger partial charge >= 0.3 is 0 Å². The highest BCUT2D eigenvalue weighted by Crippen LogP contribution is 2.51. The molecule has 4 atom stereocenters. The number of ether oxygens (including phenoxy) is 1. The van der Waals surface area contributed by atoms with Gasteiger partial charge in [0.2, 0.25) is 11.8 Å². The molecule has 3 aliphatic rings. The highest BCUT2D eigenvalue weighted by Gasteiger charge is 2.56. The van der Waals surface area contributed by atoms with Crippen molar-refractivity contribution in [2.45, 2.75) is 53.1 Å². The molecular formula is C32H37NO4. The molecule has 0 bridgehead atoms. The monoisotopic (exact) mass is 499 g/mol. The van der Waals surface area contributed by atoms with Crippen molar-refractivity contribution in [1.29, 1.82) is 0 Å². The molecule has 0 spiro atoms. The Bertz CT molecular complexity index is 1270. The van der Waals surface area contributed by atoms with Crippen LogP contribution >= 0.6 is 0 Å². The van der Waals surface area contributed by atoms with Gasteiger partial charge in [-0.25, -0.2) is 0 Å². The number of phenolic OH excluding ortho intramolecular Hbond substituents is 1. The van der Waals surface area contributed by atoms with Crippen LogP contribution in [0, 0.1) is 37.5 Å². The van der Waals surface area contributed by atoms with Crippen molar-refractivity contribution in [2.24, 2.45) is 23.7 Å². The second-order valence-corrected chi connectivity index (χ2v) is 11.2. The summed E-state index contributed by atoms with van der Waals surface area (Å²) in [6.45, 7) is 8.73. The van der Waals surface area contributed by atoms with Crippen molar-refractivity contribution in [3.8, 4) is 5.75 Å². The Labute approximate surface area is 219 Å². The van der Waals surface area contributed by atoms with Crippen LogP contribution in [0.5, 0.6) is 5.75 Å². The molecule has 1 N–H and O–H groups in total. The molecule has 5 heteroatoms. The minimum Gasteiger partial charge on any atom is -0.507 e. The van der Waals surface area contributed by atoms with Gasteiger partial charge in [0.1, 0.15) is 5.75 Å². The minimum absolute atomic E-state index is 0.00546. The second kappa shape index (κ2) is 9.94. The van der Waals surface area contributed by atoms with Gasteiger partial charge in [-0.2, -0.15) is 0 Å². The first kappa shape index (κ1) is 25.5. The van der Waals surface area contributed by atoms with E-state index in [0.717, 1.165) is 29.5 Å². The molecule has 0 aromatic heterocycles. The molecule has 5 rings (SSSR count). The summed E-state index contributed by atoms with van der Waals surface area (Å²) in [6, 6.07) is 14.4. The van der Waals surface area contributed by atoms with Gasteiger partial charge in [0.15, 0.2) is 0 Å². The fourth-order valence-electron chi connectivity index (χ4n) is 6.63. The molecule has 2 aromatic carbocycles. The number of imide groups is 1. The third-order valence-electron chi connectivity index (χ3n) is 8.54. The summed E-state index contributed by atoms with van der Waals surface area (Å²) in [5.41, 5.74) is 7.76. The first-order valence-electron chi connectivity index (χ1n) is 13.4. The normalized spacial score (nSPS) is 25.8. The van der Waals surface area contributed by atoms with E-state index in [9.17, 15) is 14.7 Å². The zero-order valence-corrected chi connectivity index (χ0v) is 22.5. The first-order chi connectivity index (χ1) is 17.7. The minimum atomic E-state index is -0.285. The van der Waals surface area contributed by atoms with Gasteiger partial charge in [-0.1, -0.05) is 55.8 Å². The Balaban J connectivity index is 1.46. The standard InChI is InChI=1S/C32H37NO4/c1-18(2)24-16-25-29(32(36)33(5)31(25)35)26-17-37-27(28(24)26)12-11-23(22-9-7-6-8-10-22)15-21-13-19(3)30(34)20(4)14-21/h6-10,13-15,18,25-27,29,34H,11-12,16-17H2,1-5H3/b23-15-/t25-,26+,27-,29-/m1/s1. The summed E-state index contributed by atoms with van der Waals surface area (Å²) in [5, 5.41) is 10.2. The summed E-state index contributed by atoms with van der Waals surface area (Å²) in [7, 11) is 1.62. The van der Waals surface area contributed by atoms with E-state index in [-0.39, 0.29) is 35.7 Å². The molecule has 2 saturated heterocycles. The third kappa shape index (κ3) is 4.54. The van der Waals surface area contributed by atoms with E-state index in [2.05, 4.69) is 44.2 Å². The summed E-state index contributed by atoms with van der Waals surface area (Å²) in [6.07, 6.45) is 4.46. The summed E-state index contributed by atoms with van der Waals surface area (Å²) >= 11 is 0. The Kier molecular flexibility index (Phi) is 6.84. The molecule has 0 unspecified atom stereocenters. The van der Waals surface area contributed by atoms with Crippen LogP contribution in [-0.2, 0) is 14.3 Å². The van der Waals surface area contributed by atoms with Gasteiger partial charge in [-0.3, -0.25) is 14.5 Å². The Morgan fingerprint density at radius 3 is 2.41 bits per heavy atom. The Morgan fingerprint density at radius 2 is 1.76 bits per heavy atom. The molecule has 2 amide bonds. The number of hydrogen-bond donors (Lipinski definition) is 1. The van der Waals surface area contributed by atoms with E-state index in [1.54, 1.807) is 7.05 Å². The van der Waals surface area contributed by atoms with Crippen LogP contribution in [0.4, 0.5) is 0 Å². The number of benzene rings is 2. The second-order valence-electron chi connectivity index (χ2n) is 11.2. The zero-order chi connectivity index (χ0) is 26.4. The third-order valence-corrected chi connectivity index (χ3v) is 8.54. The Hall–Kier alpha value is -3.18. The van der Waals surface area contributed by atoms with Crippen LogP contribution in [0.1, 0.15) is 55.4 Å². The number of carbonyl (C=O) groups excluding carboxylic acids is 2. The number of phenols is 1. The number of aryl methyl sites for hydroxylation is 2. The summed E-state index contributed by atoms with van der Waals surface area (Å²) < 4.78 is 6.40. The van der Waals surface area contributed by atoms with Crippen LogP contribution in [0.15, 0.2) is 53.6 Å². The van der Waals surface area contributed by atoms with Gasteiger partial charge in [0.25, 0.3) is 0 Å². The smallest absolute Gasteiger partial charge is 0.233 e. The van der Waals surface area contributed by atoms with E-state index in [4.69, 9.17) is 4.74 Å². The molecule has 2 heterocycles. The molecule has 2 aromatic rings. The molecule has 0 saturated carbocycles. The van der Waals surface area contributed by atoms with Gasteiger partial charge in [0, 0.05) is 13.0 Å². The predicted octanol–water partition coefficient (Wildman–Crippen LogP) is 5.93. The molecule has 2 aliphatic heterocycles. The quantitative estimate of drug-likeness (QED) is 0.304. The van der Waals surface area contributed by atoms with E-state index in [0.29, 0.717) is 24.7 Å². The molecule has 1 aliphatic carbocycles. The summed E-state index contributed by atoms with van der Waals surface area (Å²) in [4.78, 5) is 27.2. The number of aromatic hydroxyl groups is 1. The topological polar surface area (TPSA) is 66.8 Å². The highest BCUT2D eigenvalue weighted by molar-refractivity contribution is 6.05. The lowest BCUT2D eigenvalue weighted by atomic mass is 9.67. The van der Waals surface area contributed by atoms with E-state index < -0.39 is 0 Å². The highest BCUT2D eigenvalue weighted by atomic mass is 16.5. The maximum Gasteiger partial charge on any atom is 0.233 e. The van der Waals surface area contributed by atoms with Crippen molar-refractivity contribution in [3.63, 3.8) is 0 Å². The zero-order valence-electron chi connectivity index (χ0n) is 22.5. The number of fused-ring (bicyclic) bond motifs is 3. The van der Waals surface area contributed by atoms with Crippen molar-refractivity contribution in [1.82, 2.24) is 4.90 Å². The van der Waals surface area contributed by atoms with Crippen LogP contribution in [-0.4, -0.2) is 41.6 Å². The number of nitrogens with zero attached hydrogens (tertiary/aromatic N) is 1. The number of hydrogen-bond acceptors (Lipinski definition) is 4. The number of amides is 2. The van der Waals surface area contributed by atoms with Gasteiger partial charge in [0.05, 0.1) is 24.5 Å². The number of rotatable bonds is 6. The van der Waals surface area contributed by atoms with E-state index in [1.807, 2.05) is 32.0 Å². The number of allylic oxidation sites excluding steroid dienone is 2. The van der Waals surface area contributed by atoms with Crippen molar-refractivity contribution in [2.75, 3.05) is 13.7 Å². The van der Waals surface area contributed by atoms with Crippen LogP contribution in [0.25, 0.3) is 11.6 Å². The lowest BCUT2D eigenvalue weighted by Gasteiger charge is -2.33. The molecule has 37 heavy (non-hydrogen) atoms. The van der Waals surface area contributed by atoms with Crippen LogP contribution in [0.3, 0.4) is 0 Å². The molecule has 0 radical (unpaired) electrons. The predicted molar refractivity (Wildman–Crippen MR) is 146 cm³/mol. The first-order valence-corrected chi connectivity index (χ1v) is 13.4. The van der Waals surface area contributed by atoms with Gasteiger partial charge < -0.3 is 9.84 Å². The van der Waals surface area contributed by atoms with Crippen molar-refractivity contribution >= 4 is 23.5 Å². The molecular weight excluding hydrogens is 462 g/mol. The van der Waals surface area contributed by atoms with Gasteiger partial charge in [-0.05, 0) is 84.6 Å². The SMILES string of the molecule is Cc1cc(/C=C(/CC[C@H]2OC[C@H]3C2=C(C(C)C)C[C@H]2C(=O)N(C)C(=O)[C@H]23)c2ccccc2)cc(C)c1O. The molecule has 194 valence electrons. The maximum absolute atomic E-state index is 13.0. The molecule has 2 fully saturated rings. The average Bonchev–Trinajstić information content (AvgIpc) is 3.39. The molecule has 5 nitrogen and oxygen atoms in total. The summed E-state index contributed by atoms with van der Waals surface area (Å²) in [5.74, 6) is 0.0338. The van der Waals surface area contributed by atoms with E-state index >= 15 is 0 Å². The number of carbonyl (C=O) groups is 2. The van der Waals surface area contributed by atoms with Gasteiger partial charge in [-0.15, -0.1) is 0 Å². The van der Waals surface area contributed by atoms with Crippen LogP contribution < -0.4 is 0 Å². The maximum atomic E-state index is 13.0.